The molecule has 0 aliphatic carbocycles. The number of nitrogens with zero attached hydrogens (tertiary/aromatic N) is 1. The lowest BCUT2D eigenvalue weighted by atomic mass is 9.88. The van der Waals surface area contributed by atoms with E-state index in [0.717, 1.165) is 0 Å². The Morgan fingerprint density at radius 3 is 2.17 bits per heavy atom. The summed E-state index contributed by atoms with van der Waals surface area (Å²) < 4.78 is 15.4. The smallest absolute Gasteiger partial charge is 0.508 e. The van der Waals surface area contributed by atoms with Gasteiger partial charge in [0, 0.05) is 6.92 Å². The summed E-state index contributed by atoms with van der Waals surface area (Å²) in [7, 11) is -1.51. The maximum atomic E-state index is 9.91. The second-order valence-corrected chi connectivity index (χ2v) is 5.27. The molecule has 0 fully saturated rings. The molecule has 0 saturated heterocycles. The van der Waals surface area contributed by atoms with Crippen molar-refractivity contribution >= 4 is 7.32 Å². The van der Waals surface area contributed by atoms with Crippen LogP contribution in [0, 0.1) is 13.8 Å². The number of hydrogen-bond acceptors (Lipinski definition) is 6. The monoisotopic (exact) mass is 257 g/mol. The molecular formula is C11H20BNO5. The van der Waals surface area contributed by atoms with Gasteiger partial charge in [-0.15, -0.1) is 0 Å². The van der Waals surface area contributed by atoms with Crippen molar-refractivity contribution < 1.29 is 24.0 Å². The van der Waals surface area contributed by atoms with Gasteiger partial charge in [0.25, 0.3) is 0 Å². The van der Waals surface area contributed by atoms with Gasteiger partial charge >= 0.3 is 7.32 Å². The fraction of sp³-hybridized carbons (Fsp3) is 0.727. The average molecular weight is 257 g/mol. The van der Waals surface area contributed by atoms with E-state index in [4.69, 9.17) is 13.8 Å². The lowest BCUT2D eigenvalue weighted by molar-refractivity contribution is -0.108. The van der Waals surface area contributed by atoms with Gasteiger partial charge in [-0.2, -0.15) is 0 Å². The molecule has 2 N–H and O–H groups in total. The number of aliphatic hydroxyl groups is 1. The highest BCUT2D eigenvalue weighted by atomic mass is 16.7. The third-order valence-corrected chi connectivity index (χ3v) is 3.06. The minimum Gasteiger partial charge on any atom is -0.508 e. The molecule has 0 atom stereocenters. The first-order chi connectivity index (χ1) is 8.04. The maximum absolute atomic E-state index is 9.91. The summed E-state index contributed by atoms with van der Waals surface area (Å²) in [6.07, 6.45) is 0. The molecule has 0 spiro atoms. The van der Waals surface area contributed by atoms with Crippen LogP contribution in [0.15, 0.2) is 4.52 Å². The molecule has 102 valence electrons. The highest BCUT2D eigenvalue weighted by Gasteiger charge is 2.41. The van der Waals surface area contributed by atoms with E-state index >= 15 is 0 Å². The van der Waals surface area contributed by atoms with Crippen LogP contribution in [0.5, 0.6) is 5.75 Å². The number of aryl methyl sites for hydroxylation is 2. The van der Waals surface area contributed by atoms with Gasteiger partial charge in [-0.3, -0.25) is 0 Å². The molecule has 0 saturated carbocycles. The van der Waals surface area contributed by atoms with Gasteiger partial charge in [-0.25, -0.2) is 0 Å². The second kappa shape index (κ2) is 4.91. The van der Waals surface area contributed by atoms with Crippen LogP contribution < -0.4 is 4.65 Å². The summed E-state index contributed by atoms with van der Waals surface area (Å²) in [5.74, 6) is 0.797. The molecule has 6 nitrogen and oxygen atoms in total. The van der Waals surface area contributed by atoms with Gasteiger partial charge in [0.15, 0.2) is 11.5 Å². The van der Waals surface area contributed by atoms with Crippen LogP contribution in [0.4, 0.5) is 0 Å². The molecule has 0 aromatic carbocycles. The Kier molecular flexibility index (Phi) is 4.10. The lowest BCUT2D eigenvalue weighted by Crippen LogP contribution is -2.51. The molecule has 1 rings (SSSR count). The predicted molar refractivity (Wildman–Crippen MR) is 66.0 cm³/mol. The lowest BCUT2D eigenvalue weighted by Gasteiger charge is -2.37. The van der Waals surface area contributed by atoms with E-state index in [1.165, 1.54) is 0 Å². The minimum atomic E-state index is -1.51. The van der Waals surface area contributed by atoms with Crippen molar-refractivity contribution in [2.24, 2.45) is 0 Å². The molecule has 1 aromatic heterocycles. The fourth-order valence-corrected chi connectivity index (χ4v) is 1.16. The van der Waals surface area contributed by atoms with Gasteiger partial charge in [0.05, 0.1) is 11.2 Å². The van der Waals surface area contributed by atoms with Crippen molar-refractivity contribution in [2.75, 3.05) is 0 Å². The van der Waals surface area contributed by atoms with Gasteiger partial charge in [0.2, 0.25) is 0 Å². The van der Waals surface area contributed by atoms with Crippen LogP contribution in [0.3, 0.4) is 0 Å². The van der Waals surface area contributed by atoms with Crippen molar-refractivity contribution in [3.63, 3.8) is 0 Å². The van der Waals surface area contributed by atoms with E-state index in [1.54, 1.807) is 41.5 Å². The van der Waals surface area contributed by atoms with Gasteiger partial charge in [-0.1, -0.05) is 5.16 Å². The first-order valence-electron chi connectivity index (χ1n) is 5.72. The summed E-state index contributed by atoms with van der Waals surface area (Å²) in [5.41, 5.74) is -1.59. The van der Waals surface area contributed by atoms with Crippen molar-refractivity contribution in [3.05, 3.63) is 11.5 Å². The summed E-state index contributed by atoms with van der Waals surface area (Å²) >= 11 is 0. The van der Waals surface area contributed by atoms with E-state index in [-0.39, 0.29) is 0 Å². The summed E-state index contributed by atoms with van der Waals surface area (Å²) in [4.78, 5) is 0. The molecule has 0 aliphatic heterocycles. The maximum Gasteiger partial charge on any atom is 0.710 e. The molecule has 0 radical (unpaired) electrons. The molecule has 18 heavy (non-hydrogen) atoms. The van der Waals surface area contributed by atoms with Gasteiger partial charge < -0.3 is 24.0 Å². The third-order valence-electron chi connectivity index (χ3n) is 3.06. The van der Waals surface area contributed by atoms with Crippen LogP contribution in [0.1, 0.15) is 39.1 Å². The average Bonchev–Trinajstić information content (AvgIpc) is 2.46. The van der Waals surface area contributed by atoms with E-state index < -0.39 is 18.5 Å². The fourth-order valence-electron chi connectivity index (χ4n) is 1.16. The van der Waals surface area contributed by atoms with Crippen LogP contribution in [0.25, 0.3) is 0 Å². The topological polar surface area (TPSA) is 85.0 Å². The molecular weight excluding hydrogens is 237 g/mol. The highest BCUT2D eigenvalue weighted by Crippen LogP contribution is 2.27. The van der Waals surface area contributed by atoms with Crippen LogP contribution in [-0.2, 0) is 4.65 Å². The standard InChI is InChI=1S/C11H20BNO5/c1-7-9(8(2)17-13-7)16-12(15)18-11(5,6)10(3,4)14/h14-15H,1-6H3. The zero-order valence-corrected chi connectivity index (χ0v) is 11.6. The highest BCUT2D eigenvalue weighted by molar-refractivity contribution is 6.35. The van der Waals surface area contributed by atoms with Crippen molar-refractivity contribution in [1.82, 2.24) is 5.16 Å². The van der Waals surface area contributed by atoms with Crippen molar-refractivity contribution in [3.8, 4) is 5.75 Å². The summed E-state index contributed by atoms with van der Waals surface area (Å²) in [5, 5.41) is 23.3. The number of hydrogen-bond donors (Lipinski definition) is 2. The van der Waals surface area contributed by atoms with Crippen molar-refractivity contribution in [1.29, 1.82) is 0 Å². The summed E-state index contributed by atoms with van der Waals surface area (Å²) in [6.45, 7) is 9.87. The Bertz CT molecular complexity index is 391. The minimum absolute atomic E-state index is 0.342. The van der Waals surface area contributed by atoms with E-state index in [0.29, 0.717) is 17.2 Å². The number of rotatable bonds is 5. The Morgan fingerprint density at radius 1 is 1.22 bits per heavy atom. The van der Waals surface area contributed by atoms with E-state index in [1.807, 2.05) is 0 Å². The van der Waals surface area contributed by atoms with Gasteiger partial charge in [0.1, 0.15) is 5.69 Å². The normalized spacial score (nSPS) is 12.7. The van der Waals surface area contributed by atoms with Crippen LogP contribution >= 0.6 is 0 Å². The molecule has 0 amide bonds. The van der Waals surface area contributed by atoms with Gasteiger partial charge in [-0.05, 0) is 34.6 Å². The Balaban J connectivity index is 2.71. The van der Waals surface area contributed by atoms with Crippen LogP contribution in [-0.4, -0.2) is 33.8 Å². The molecule has 0 unspecified atom stereocenters. The zero-order valence-electron chi connectivity index (χ0n) is 11.6. The SMILES string of the molecule is Cc1noc(C)c1OB(O)OC(C)(C)C(C)(C)O. The molecule has 1 heterocycles. The Labute approximate surface area is 107 Å². The predicted octanol–water partition coefficient (Wildman–Crippen LogP) is 1.21. The quantitative estimate of drug-likeness (QED) is 0.771. The molecule has 0 bridgehead atoms. The molecule has 7 heteroatoms. The molecule has 1 aromatic rings. The zero-order chi connectivity index (χ0) is 14.1. The van der Waals surface area contributed by atoms with Crippen molar-refractivity contribution in [2.45, 2.75) is 52.7 Å². The second-order valence-electron chi connectivity index (χ2n) is 5.27. The Morgan fingerprint density at radius 2 is 1.78 bits per heavy atom. The van der Waals surface area contributed by atoms with E-state index in [2.05, 4.69) is 5.16 Å². The first kappa shape index (κ1) is 15.0. The van der Waals surface area contributed by atoms with Crippen LogP contribution in [0.2, 0.25) is 0 Å². The Hall–Kier alpha value is -1.05. The number of aromatic nitrogens is 1. The summed E-state index contributed by atoms with van der Waals surface area (Å²) in [6, 6.07) is 0. The third kappa shape index (κ3) is 3.25. The first-order valence-corrected chi connectivity index (χ1v) is 5.72. The van der Waals surface area contributed by atoms with E-state index in [9.17, 15) is 10.1 Å². The molecule has 0 aliphatic rings. The largest absolute Gasteiger partial charge is 0.710 e.